The fourth-order valence-electron chi connectivity index (χ4n) is 2.93. The molecule has 0 spiro atoms. The molecule has 0 amide bonds. The minimum absolute atomic E-state index is 0. The van der Waals surface area contributed by atoms with Gasteiger partial charge in [-0.25, -0.2) is 0 Å². The standard InChI is InChI=1S/C17H13N2.C11H8N.Ir/c1-13-6-5-9-17(19-13)15-10-11-16(18-12-15)14-7-3-2-4-8-14;1-2-6-10(7-3-1)11-8-4-5-9-12-11;/h2-7,9-12H,1H3;1-6,8-9H;/q2*-1;/i1D3;;. The van der Waals surface area contributed by atoms with Gasteiger partial charge in [0, 0.05) is 47.9 Å². The first-order valence-corrected chi connectivity index (χ1v) is 9.80. The zero-order chi connectivity index (χ0) is 23.8. The van der Waals surface area contributed by atoms with Crippen molar-refractivity contribution in [1.29, 1.82) is 0 Å². The van der Waals surface area contributed by atoms with Gasteiger partial charge in [0.1, 0.15) is 0 Å². The minimum Gasteiger partial charge on any atom is -0.305 e. The van der Waals surface area contributed by atoms with Gasteiger partial charge in [-0.15, -0.1) is 71.8 Å². The molecular formula is C28H21IrN3-2. The summed E-state index contributed by atoms with van der Waals surface area (Å²) in [5, 5.41) is 0. The molecule has 0 bridgehead atoms. The first-order chi connectivity index (χ1) is 16.5. The number of hydrogen-bond donors (Lipinski definition) is 0. The first-order valence-electron chi connectivity index (χ1n) is 11.3. The molecule has 2 aromatic carbocycles. The van der Waals surface area contributed by atoms with Crippen LogP contribution in [0.15, 0.2) is 109 Å². The summed E-state index contributed by atoms with van der Waals surface area (Å²) in [5.74, 6) is 0. The normalized spacial score (nSPS) is 11.6. The number of benzene rings is 2. The summed E-state index contributed by atoms with van der Waals surface area (Å²) in [6.45, 7) is -2.21. The predicted octanol–water partition coefficient (Wildman–Crippen LogP) is 6.47. The molecule has 0 fully saturated rings. The Bertz CT molecular complexity index is 1280. The summed E-state index contributed by atoms with van der Waals surface area (Å²) in [5.41, 5.74) is 5.21. The third-order valence-corrected chi connectivity index (χ3v) is 4.44. The van der Waals surface area contributed by atoms with Crippen molar-refractivity contribution in [1.82, 2.24) is 15.0 Å². The Kier molecular flexibility index (Phi) is 7.10. The molecule has 1 radical (unpaired) electrons. The molecule has 4 heteroatoms. The van der Waals surface area contributed by atoms with Crippen molar-refractivity contribution in [2.24, 2.45) is 0 Å². The molecule has 0 atom stereocenters. The summed E-state index contributed by atoms with van der Waals surface area (Å²) >= 11 is 0. The number of aryl methyl sites for hydroxylation is 1. The zero-order valence-electron chi connectivity index (χ0n) is 20.1. The van der Waals surface area contributed by atoms with Crippen LogP contribution in [0.5, 0.6) is 0 Å². The van der Waals surface area contributed by atoms with Crippen LogP contribution >= 0.6 is 0 Å². The molecule has 0 aliphatic heterocycles. The average molecular weight is 595 g/mol. The van der Waals surface area contributed by atoms with Crippen molar-refractivity contribution in [2.45, 2.75) is 6.85 Å². The Balaban J connectivity index is 0.000000223. The van der Waals surface area contributed by atoms with Crippen LogP contribution in [0.25, 0.3) is 33.8 Å². The third-order valence-electron chi connectivity index (χ3n) is 4.44. The van der Waals surface area contributed by atoms with Crippen molar-refractivity contribution in [3.8, 4) is 33.8 Å². The Morgan fingerprint density at radius 3 is 1.91 bits per heavy atom. The van der Waals surface area contributed by atoms with Crippen LogP contribution in [-0.4, -0.2) is 15.0 Å². The van der Waals surface area contributed by atoms with Crippen LogP contribution in [0.4, 0.5) is 0 Å². The van der Waals surface area contributed by atoms with Gasteiger partial charge in [-0.05, 0) is 36.4 Å². The summed E-state index contributed by atoms with van der Waals surface area (Å²) in [7, 11) is 0. The van der Waals surface area contributed by atoms with Crippen LogP contribution in [0.1, 0.15) is 9.81 Å². The van der Waals surface area contributed by atoms with Crippen molar-refractivity contribution in [3.05, 3.63) is 127 Å². The fourth-order valence-corrected chi connectivity index (χ4v) is 2.93. The van der Waals surface area contributed by atoms with E-state index in [2.05, 4.69) is 27.1 Å². The molecule has 0 unspecified atom stereocenters. The number of rotatable bonds is 3. The summed E-state index contributed by atoms with van der Waals surface area (Å²) < 4.78 is 22.3. The molecule has 0 saturated carbocycles. The number of pyridine rings is 3. The molecular weight excluding hydrogens is 571 g/mol. The number of hydrogen-bond acceptors (Lipinski definition) is 3. The molecule has 159 valence electrons. The van der Waals surface area contributed by atoms with E-state index in [-0.39, 0.29) is 25.8 Å². The van der Waals surface area contributed by atoms with E-state index in [0.717, 1.165) is 28.1 Å². The van der Waals surface area contributed by atoms with E-state index in [4.69, 9.17) is 4.11 Å². The summed E-state index contributed by atoms with van der Waals surface area (Å²) in [6.07, 6.45) is 3.48. The van der Waals surface area contributed by atoms with Gasteiger partial charge in [0.25, 0.3) is 0 Å². The molecule has 0 aliphatic carbocycles. The maximum atomic E-state index is 7.43. The van der Waals surface area contributed by atoms with Gasteiger partial charge in [0.15, 0.2) is 0 Å². The number of aromatic nitrogens is 3. The van der Waals surface area contributed by atoms with Crippen LogP contribution in [0.2, 0.25) is 0 Å². The van der Waals surface area contributed by atoms with E-state index in [0.29, 0.717) is 5.69 Å². The molecule has 3 heterocycles. The van der Waals surface area contributed by atoms with Crippen LogP contribution in [0, 0.1) is 19.0 Å². The maximum absolute atomic E-state index is 7.43. The van der Waals surface area contributed by atoms with Gasteiger partial charge in [0.05, 0.1) is 5.69 Å². The quantitative estimate of drug-likeness (QED) is 0.225. The molecule has 0 aliphatic rings. The van der Waals surface area contributed by atoms with Crippen molar-refractivity contribution >= 4 is 0 Å². The second-order valence-corrected chi connectivity index (χ2v) is 6.61. The maximum Gasteiger partial charge on any atom is 0.0719 e. The summed E-state index contributed by atoms with van der Waals surface area (Å²) in [4.78, 5) is 12.8. The largest absolute Gasteiger partial charge is 0.305 e. The Morgan fingerprint density at radius 2 is 1.34 bits per heavy atom. The van der Waals surface area contributed by atoms with Crippen molar-refractivity contribution in [2.75, 3.05) is 0 Å². The zero-order valence-corrected chi connectivity index (χ0v) is 19.5. The first kappa shape index (κ1) is 19.2. The molecule has 0 N–H and O–H groups in total. The SMILES string of the molecule is [2H]C([2H])([2H])c1cccc(-c2ccc(-c3[c-]cccc3)nc2)n1.[Ir].[c-]1ccccc1-c1ccccn1. The smallest absolute Gasteiger partial charge is 0.0719 e. The van der Waals surface area contributed by atoms with Crippen LogP contribution < -0.4 is 0 Å². The van der Waals surface area contributed by atoms with Gasteiger partial charge in [-0.2, -0.15) is 0 Å². The van der Waals surface area contributed by atoms with E-state index in [1.807, 2.05) is 78.9 Å². The molecule has 3 nitrogen and oxygen atoms in total. The van der Waals surface area contributed by atoms with E-state index in [1.54, 1.807) is 24.5 Å². The van der Waals surface area contributed by atoms with E-state index >= 15 is 0 Å². The van der Waals surface area contributed by atoms with Gasteiger partial charge in [-0.1, -0.05) is 30.3 Å². The minimum atomic E-state index is -2.21. The molecule has 5 rings (SSSR count). The fraction of sp³-hybridized carbons (Fsp3) is 0.0357. The second-order valence-electron chi connectivity index (χ2n) is 6.61. The Morgan fingerprint density at radius 1 is 0.656 bits per heavy atom. The van der Waals surface area contributed by atoms with Gasteiger partial charge < -0.3 is 9.97 Å². The van der Waals surface area contributed by atoms with Crippen LogP contribution in [-0.2, 0) is 20.1 Å². The van der Waals surface area contributed by atoms with E-state index in [1.165, 1.54) is 6.07 Å². The summed E-state index contributed by atoms with van der Waals surface area (Å²) in [6, 6.07) is 36.3. The Hall–Kier alpha value is -3.46. The monoisotopic (exact) mass is 595 g/mol. The van der Waals surface area contributed by atoms with E-state index < -0.39 is 6.85 Å². The molecule has 0 saturated heterocycles. The third kappa shape index (κ3) is 6.27. The van der Waals surface area contributed by atoms with E-state index in [9.17, 15) is 0 Å². The van der Waals surface area contributed by atoms with Gasteiger partial charge >= 0.3 is 0 Å². The Labute approximate surface area is 206 Å². The van der Waals surface area contributed by atoms with Crippen LogP contribution in [0.3, 0.4) is 0 Å². The molecule has 5 aromatic rings. The molecule has 32 heavy (non-hydrogen) atoms. The number of nitrogens with zero attached hydrogens (tertiary/aromatic N) is 3. The van der Waals surface area contributed by atoms with Crippen molar-refractivity contribution < 1.29 is 24.2 Å². The molecule has 3 aromatic heterocycles. The van der Waals surface area contributed by atoms with Crippen molar-refractivity contribution in [3.63, 3.8) is 0 Å². The van der Waals surface area contributed by atoms with Gasteiger partial charge in [0.2, 0.25) is 0 Å². The average Bonchev–Trinajstić information content (AvgIpc) is 2.90. The topological polar surface area (TPSA) is 38.7 Å². The predicted molar refractivity (Wildman–Crippen MR) is 125 cm³/mol. The van der Waals surface area contributed by atoms with Gasteiger partial charge in [-0.3, -0.25) is 4.98 Å². The second kappa shape index (κ2) is 11.8.